The third-order valence-electron chi connectivity index (χ3n) is 3.75. The van der Waals surface area contributed by atoms with E-state index in [2.05, 4.69) is 5.16 Å². The summed E-state index contributed by atoms with van der Waals surface area (Å²) in [6, 6.07) is 0. The number of nitrogens with zero attached hydrogens (tertiary/aromatic N) is 2. The van der Waals surface area contributed by atoms with Crippen LogP contribution in [0.25, 0.3) is 0 Å². The molecule has 2 fully saturated rings. The maximum absolute atomic E-state index is 10.8. The van der Waals surface area contributed by atoms with Crippen LogP contribution in [0.3, 0.4) is 0 Å². The van der Waals surface area contributed by atoms with E-state index in [1.807, 2.05) is 0 Å². The van der Waals surface area contributed by atoms with E-state index in [4.69, 9.17) is 9.39 Å². The SMILES string of the molecule is O=S(O)N1CCC(=NOCC2CCCCC2)CC1. The number of hydrogen-bond donors (Lipinski definition) is 1. The first-order valence-corrected chi connectivity index (χ1v) is 7.85. The quantitative estimate of drug-likeness (QED) is 0.631. The fourth-order valence-electron chi connectivity index (χ4n) is 2.58. The van der Waals surface area contributed by atoms with Gasteiger partial charge in [-0.15, -0.1) is 0 Å². The first-order valence-electron chi connectivity index (χ1n) is 6.79. The van der Waals surface area contributed by atoms with E-state index in [0.29, 0.717) is 19.0 Å². The molecule has 0 aromatic heterocycles. The van der Waals surface area contributed by atoms with Gasteiger partial charge < -0.3 is 4.84 Å². The van der Waals surface area contributed by atoms with Crippen LogP contribution in [0.15, 0.2) is 5.16 Å². The third-order valence-corrected chi connectivity index (χ3v) is 4.56. The van der Waals surface area contributed by atoms with Crippen LogP contribution >= 0.6 is 0 Å². The minimum absolute atomic E-state index is 0.592. The van der Waals surface area contributed by atoms with Gasteiger partial charge in [0.25, 0.3) is 0 Å². The van der Waals surface area contributed by atoms with E-state index in [9.17, 15) is 4.21 Å². The molecule has 1 aliphatic carbocycles. The molecule has 0 aromatic rings. The second-order valence-corrected chi connectivity index (χ2v) is 6.09. The summed E-state index contributed by atoms with van der Waals surface area (Å²) in [6.45, 7) is 1.92. The Hall–Kier alpha value is -0.460. The molecule has 18 heavy (non-hydrogen) atoms. The van der Waals surface area contributed by atoms with Gasteiger partial charge in [-0.05, 0) is 18.8 Å². The highest BCUT2D eigenvalue weighted by atomic mass is 32.2. The first-order chi connectivity index (χ1) is 8.75. The smallest absolute Gasteiger partial charge is 0.234 e. The Bertz CT molecular complexity index is 306. The normalized spacial score (nSPS) is 24.8. The summed E-state index contributed by atoms with van der Waals surface area (Å²) < 4.78 is 21.3. The zero-order valence-electron chi connectivity index (χ0n) is 10.7. The Balaban J connectivity index is 1.66. The highest BCUT2D eigenvalue weighted by Gasteiger charge is 2.19. The lowest BCUT2D eigenvalue weighted by Crippen LogP contribution is -2.35. The highest BCUT2D eigenvalue weighted by molar-refractivity contribution is 7.76. The van der Waals surface area contributed by atoms with Gasteiger partial charge in [0.2, 0.25) is 11.3 Å². The van der Waals surface area contributed by atoms with Crippen molar-refractivity contribution in [1.82, 2.24) is 4.31 Å². The molecule has 6 heteroatoms. The number of rotatable bonds is 4. The molecule has 5 nitrogen and oxygen atoms in total. The molecule has 1 heterocycles. The molecule has 0 spiro atoms. The van der Waals surface area contributed by atoms with E-state index >= 15 is 0 Å². The maximum atomic E-state index is 10.8. The fraction of sp³-hybridized carbons (Fsp3) is 0.917. The van der Waals surface area contributed by atoms with Crippen LogP contribution in [0, 0.1) is 5.92 Å². The molecule has 2 rings (SSSR count). The number of hydrogen-bond acceptors (Lipinski definition) is 3. The fourth-order valence-corrected chi connectivity index (χ4v) is 3.07. The van der Waals surface area contributed by atoms with Crippen molar-refractivity contribution < 1.29 is 13.6 Å². The molecule has 1 saturated carbocycles. The molecular formula is C12H22N2O3S. The van der Waals surface area contributed by atoms with Gasteiger partial charge in [0.15, 0.2) is 0 Å². The van der Waals surface area contributed by atoms with Crippen LogP contribution in [0.5, 0.6) is 0 Å². The van der Waals surface area contributed by atoms with Gasteiger partial charge in [-0.1, -0.05) is 24.4 Å². The van der Waals surface area contributed by atoms with Gasteiger partial charge in [-0.3, -0.25) is 4.55 Å². The molecule has 1 N–H and O–H groups in total. The second kappa shape index (κ2) is 7.21. The Morgan fingerprint density at radius 2 is 1.94 bits per heavy atom. The topological polar surface area (TPSA) is 62.1 Å². The van der Waals surface area contributed by atoms with Crippen molar-refractivity contribution in [2.75, 3.05) is 19.7 Å². The zero-order chi connectivity index (χ0) is 12.8. The van der Waals surface area contributed by atoms with Crippen LogP contribution in [-0.4, -0.2) is 38.5 Å². The molecule has 1 unspecified atom stereocenters. The molecule has 1 aliphatic heterocycles. The average molecular weight is 274 g/mol. The summed E-state index contributed by atoms with van der Waals surface area (Å²) in [4.78, 5) is 5.44. The van der Waals surface area contributed by atoms with Crippen LogP contribution in [0.2, 0.25) is 0 Å². The van der Waals surface area contributed by atoms with Crippen LogP contribution in [-0.2, 0) is 16.1 Å². The lowest BCUT2D eigenvalue weighted by atomic mass is 9.90. The largest absolute Gasteiger partial charge is 0.396 e. The first kappa shape index (κ1) is 14.0. The predicted octanol–water partition coefficient (Wildman–Crippen LogP) is 2.17. The molecule has 0 radical (unpaired) electrons. The Kier molecular flexibility index (Phi) is 5.59. The van der Waals surface area contributed by atoms with Gasteiger partial charge >= 0.3 is 0 Å². The van der Waals surface area contributed by atoms with Crippen LogP contribution in [0.4, 0.5) is 0 Å². The molecule has 2 aliphatic rings. The molecule has 104 valence electrons. The van der Waals surface area contributed by atoms with Crippen LogP contribution < -0.4 is 0 Å². The molecule has 1 saturated heterocycles. The molecule has 0 bridgehead atoms. The summed E-state index contributed by atoms with van der Waals surface area (Å²) >= 11 is -1.84. The lowest BCUT2D eigenvalue weighted by molar-refractivity contribution is 0.0901. The maximum Gasteiger partial charge on any atom is 0.234 e. The summed E-state index contributed by atoms with van der Waals surface area (Å²) in [6.07, 6.45) is 8.00. The van der Waals surface area contributed by atoms with Crippen molar-refractivity contribution in [3.05, 3.63) is 0 Å². The van der Waals surface area contributed by atoms with Crippen LogP contribution in [0.1, 0.15) is 44.9 Å². The Morgan fingerprint density at radius 3 is 2.56 bits per heavy atom. The summed E-state index contributed by atoms with van der Waals surface area (Å²) in [5.74, 6) is 0.674. The van der Waals surface area contributed by atoms with E-state index in [1.165, 1.54) is 32.1 Å². The van der Waals surface area contributed by atoms with Crippen molar-refractivity contribution in [1.29, 1.82) is 0 Å². The highest BCUT2D eigenvalue weighted by Crippen LogP contribution is 2.23. The number of oxime groups is 1. The summed E-state index contributed by atoms with van der Waals surface area (Å²) in [5.41, 5.74) is 1.02. The van der Waals surface area contributed by atoms with Crippen molar-refractivity contribution in [2.45, 2.75) is 44.9 Å². The van der Waals surface area contributed by atoms with Gasteiger partial charge in [0, 0.05) is 25.9 Å². The third kappa shape index (κ3) is 4.33. The van der Waals surface area contributed by atoms with E-state index in [0.717, 1.165) is 25.2 Å². The Labute approximate surface area is 111 Å². The van der Waals surface area contributed by atoms with E-state index in [-0.39, 0.29) is 0 Å². The van der Waals surface area contributed by atoms with E-state index in [1.54, 1.807) is 4.31 Å². The second-order valence-electron chi connectivity index (χ2n) is 5.12. The Morgan fingerprint density at radius 1 is 1.28 bits per heavy atom. The summed E-state index contributed by atoms with van der Waals surface area (Å²) in [5, 5.41) is 4.18. The van der Waals surface area contributed by atoms with Crippen molar-refractivity contribution in [3.63, 3.8) is 0 Å². The minimum atomic E-state index is -1.84. The molecular weight excluding hydrogens is 252 g/mol. The summed E-state index contributed by atoms with van der Waals surface area (Å²) in [7, 11) is 0. The molecule has 0 amide bonds. The van der Waals surface area contributed by atoms with E-state index < -0.39 is 11.3 Å². The predicted molar refractivity (Wildman–Crippen MR) is 71.5 cm³/mol. The van der Waals surface area contributed by atoms with Crippen molar-refractivity contribution >= 4 is 17.0 Å². The monoisotopic (exact) mass is 274 g/mol. The van der Waals surface area contributed by atoms with Gasteiger partial charge in [-0.2, -0.15) is 0 Å². The minimum Gasteiger partial charge on any atom is -0.396 e. The molecule has 0 aromatic carbocycles. The zero-order valence-corrected chi connectivity index (χ0v) is 11.5. The lowest BCUT2D eigenvalue weighted by Gasteiger charge is -2.23. The standard InChI is InChI=1S/C12H22N2O3S/c15-18(16)14-8-6-12(7-9-14)13-17-10-11-4-2-1-3-5-11/h11H,1-10H2,(H,15,16). The van der Waals surface area contributed by atoms with Gasteiger partial charge in [0.05, 0.1) is 5.71 Å². The van der Waals surface area contributed by atoms with Crippen molar-refractivity contribution in [2.24, 2.45) is 11.1 Å². The average Bonchev–Trinajstić information content (AvgIpc) is 2.40. The van der Waals surface area contributed by atoms with Gasteiger partial charge in [0.1, 0.15) is 6.61 Å². The number of piperidine rings is 1. The molecule has 1 atom stereocenters. The van der Waals surface area contributed by atoms with Crippen molar-refractivity contribution in [3.8, 4) is 0 Å². The van der Waals surface area contributed by atoms with Gasteiger partial charge in [-0.25, -0.2) is 8.51 Å².